The number of para-hydroxylation sites is 1. The van der Waals surface area contributed by atoms with Crippen LogP contribution in [-0.2, 0) is 6.73 Å². The van der Waals surface area contributed by atoms with Crippen molar-refractivity contribution in [2.45, 2.75) is 13.7 Å². The van der Waals surface area contributed by atoms with Crippen molar-refractivity contribution >= 4 is 23.3 Å². The molecule has 2 aromatic carbocycles. The average Bonchev–Trinajstić information content (AvgIpc) is 3.42. The number of carbonyl (C=O) groups excluding carboxylic acids is 1. The fourth-order valence-corrected chi connectivity index (χ4v) is 3.01. The van der Waals surface area contributed by atoms with Gasteiger partial charge in [-0.1, -0.05) is 29.8 Å². The van der Waals surface area contributed by atoms with E-state index in [0.29, 0.717) is 10.8 Å². The predicted molar refractivity (Wildman–Crippen MR) is 115 cm³/mol. The van der Waals surface area contributed by atoms with Gasteiger partial charge < -0.3 is 10.1 Å². The Balaban J connectivity index is 1.48. The number of nitriles is 1. The highest BCUT2D eigenvalue weighted by Crippen LogP contribution is 2.22. The topological polar surface area (TPSA) is 97.8 Å². The van der Waals surface area contributed by atoms with E-state index in [4.69, 9.17) is 16.3 Å². The number of benzene rings is 2. The van der Waals surface area contributed by atoms with Crippen molar-refractivity contribution in [3.63, 3.8) is 0 Å². The van der Waals surface area contributed by atoms with Crippen LogP contribution in [0.5, 0.6) is 5.75 Å². The molecule has 1 N–H and O–H groups in total. The molecule has 0 spiro atoms. The fraction of sp³-hybridized carbons (Fsp3) is 0.0909. The number of halogens is 1. The minimum atomic E-state index is -0.463. The number of aromatic nitrogens is 4. The first kappa shape index (κ1) is 20.2. The number of carbonyl (C=O) groups is 1. The number of ether oxygens (including phenoxy) is 1. The Morgan fingerprint density at radius 2 is 2.03 bits per heavy atom. The molecule has 9 heteroatoms. The molecule has 0 aliphatic heterocycles. The summed E-state index contributed by atoms with van der Waals surface area (Å²) >= 11 is 6.02. The number of anilines is 1. The zero-order chi connectivity index (χ0) is 21.8. The van der Waals surface area contributed by atoms with Gasteiger partial charge in [-0.15, -0.1) is 0 Å². The average molecular weight is 433 g/mol. The Labute approximate surface area is 183 Å². The summed E-state index contributed by atoms with van der Waals surface area (Å²) in [4.78, 5) is 12.7. The smallest absolute Gasteiger partial charge is 0.277 e. The van der Waals surface area contributed by atoms with Crippen LogP contribution in [-0.4, -0.2) is 25.5 Å². The molecule has 4 aromatic rings. The SMILES string of the molecule is Cc1cc(OCn2ccc(C(=O)Nc3c(C#N)cnn3-c3ccccc3)n2)ccc1Cl. The van der Waals surface area contributed by atoms with Crippen molar-refractivity contribution in [3.05, 3.63) is 88.8 Å². The zero-order valence-corrected chi connectivity index (χ0v) is 17.2. The summed E-state index contributed by atoms with van der Waals surface area (Å²) in [6.07, 6.45) is 3.04. The highest BCUT2D eigenvalue weighted by molar-refractivity contribution is 6.31. The van der Waals surface area contributed by atoms with Crippen molar-refractivity contribution < 1.29 is 9.53 Å². The Bertz CT molecular complexity index is 1270. The molecule has 2 aromatic heterocycles. The van der Waals surface area contributed by atoms with Crippen LogP contribution >= 0.6 is 11.6 Å². The molecule has 2 heterocycles. The van der Waals surface area contributed by atoms with Crippen LogP contribution in [0.25, 0.3) is 5.69 Å². The lowest BCUT2D eigenvalue weighted by molar-refractivity contribution is 0.101. The van der Waals surface area contributed by atoms with Crippen molar-refractivity contribution in [3.8, 4) is 17.5 Å². The number of nitrogens with zero attached hydrogens (tertiary/aromatic N) is 5. The number of rotatable bonds is 6. The van der Waals surface area contributed by atoms with Crippen molar-refractivity contribution in [2.24, 2.45) is 0 Å². The molecule has 1 amide bonds. The van der Waals surface area contributed by atoms with E-state index in [1.54, 1.807) is 24.4 Å². The molecule has 4 rings (SSSR count). The van der Waals surface area contributed by atoms with Gasteiger partial charge in [-0.05, 0) is 48.9 Å². The van der Waals surface area contributed by atoms with Gasteiger partial charge in [0.2, 0.25) is 0 Å². The molecule has 31 heavy (non-hydrogen) atoms. The van der Waals surface area contributed by atoms with Gasteiger partial charge in [-0.3, -0.25) is 4.79 Å². The lowest BCUT2D eigenvalue weighted by Gasteiger charge is -2.09. The molecule has 0 atom stereocenters. The normalized spacial score (nSPS) is 10.5. The molecule has 0 saturated heterocycles. The maximum Gasteiger partial charge on any atom is 0.277 e. The summed E-state index contributed by atoms with van der Waals surface area (Å²) in [6, 6.07) is 18.2. The zero-order valence-electron chi connectivity index (χ0n) is 16.5. The molecule has 0 radical (unpaired) electrons. The van der Waals surface area contributed by atoms with E-state index < -0.39 is 5.91 Å². The van der Waals surface area contributed by atoms with Crippen LogP contribution < -0.4 is 10.1 Å². The van der Waals surface area contributed by atoms with E-state index in [0.717, 1.165) is 11.3 Å². The van der Waals surface area contributed by atoms with E-state index in [2.05, 4.69) is 15.5 Å². The predicted octanol–water partition coefficient (Wildman–Crippen LogP) is 4.19. The third-order valence-corrected chi connectivity index (χ3v) is 4.91. The summed E-state index contributed by atoms with van der Waals surface area (Å²) in [6.45, 7) is 2.01. The summed E-state index contributed by atoms with van der Waals surface area (Å²) in [5.41, 5.74) is 2.05. The standard InChI is InChI=1S/C22H17ClN6O2/c1-15-11-18(7-8-19(15)23)31-14-28-10-9-20(27-28)22(30)26-21-16(12-24)13-25-29(21)17-5-3-2-4-6-17/h2-11,13H,14H2,1H3,(H,26,30). The lowest BCUT2D eigenvalue weighted by atomic mass is 10.2. The van der Waals surface area contributed by atoms with Gasteiger partial charge in [0.05, 0.1) is 11.9 Å². The molecular formula is C22H17ClN6O2. The van der Waals surface area contributed by atoms with Crippen molar-refractivity contribution in [1.29, 1.82) is 5.26 Å². The second-order valence-electron chi connectivity index (χ2n) is 6.65. The number of aryl methyl sites for hydroxylation is 1. The summed E-state index contributed by atoms with van der Waals surface area (Å²) in [5, 5.41) is 21.2. The van der Waals surface area contributed by atoms with Gasteiger partial charge in [0.25, 0.3) is 5.91 Å². The van der Waals surface area contributed by atoms with Gasteiger partial charge in [-0.2, -0.15) is 15.5 Å². The minimum absolute atomic E-state index is 0.125. The van der Waals surface area contributed by atoms with Gasteiger partial charge in [-0.25, -0.2) is 9.36 Å². The summed E-state index contributed by atoms with van der Waals surface area (Å²) in [7, 11) is 0. The number of nitrogens with one attached hydrogen (secondary N) is 1. The maximum absolute atomic E-state index is 12.7. The number of hydrogen-bond donors (Lipinski definition) is 1. The van der Waals surface area contributed by atoms with E-state index in [1.165, 1.54) is 15.6 Å². The van der Waals surface area contributed by atoms with Crippen LogP contribution in [0, 0.1) is 18.3 Å². The first-order chi connectivity index (χ1) is 15.0. The summed E-state index contributed by atoms with van der Waals surface area (Å²) in [5.74, 6) is 0.463. The molecule has 0 aliphatic rings. The Hall–Kier alpha value is -4.09. The first-order valence-electron chi connectivity index (χ1n) is 9.32. The minimum Gasteiger partial charge on any atom is -0.471 e. The molecule has 154 valence electrons. The molecular weight excluding hydrogens is 416 g/mol. The molecule has 0 unspecified atom stereocenters. The molecule has 0 fully saturated rings. The van der Waals surface area contributed by atoms with Crippen LogP contribution in [0.15, 0.2) is 67.0 Å². The first-order valence-corrected chi connectivity index (χ1v) is 9.70. The third-order valence-electron chi connectivity index (χ3n) is 4.49. The Morgan fingerprint density at radius 1 is 1.23 bits per heavy atom. The van der Waals surface area contributed by atoms with Crippen LogP contribution in [0.2, 0.25) is 5.02 Å². The number of hydrogen-bond acceptors (Lipinski definition) is 5. The van der Waals surface area contributed by atoms with Gasteiger partial charge in [0, 0.05) is 11.2 Å². The van der Waals surface area contributed by atoms with Crippen LogP contribution in [0.4, 0.5) is 5.82 Å². The molecule has 0 aliphatic carbocycles. The van der Waals surface area contributed by atoms with E-state index in [1.807, 2.05) is 49.4 Å². The number of amides is 1. The van der Waals surface area contributed by atoms with Crippen molar-refractivity contribution in [2.75, 3.05) is 5.32 Å². The Kier molecular flexibility index (Phi) is 5.69. The quantitative estimate of drug-likeness (QED) is 0.492. The van der Waals surface area contributed by atoms with Gasteiger partial charge in [0.1, 0.15) is 17.4 Å². The molecule has 8 nitrogen and oxygen atoms in total. The van der Waals surface area contributed by atoms with E-state index in [9.17, 15) is 10.1 Å². The van der Waals surface area contributed by atoms with Crippen LogP contribution in [0.3, 0.4) is 0 Å². The monoisotopic (exact) mass is 432 g/mol. The highest BCUT2D eigenvalue weighted by atomic mass is 35.5. The third kappa shape index (κ3) is 4.42. The van der Waals surface area contributed by atoms with E-state index in [-0.39, 0.29) is 23.8 Å². The fourth-order valence-electron chi connectivity index (χ4n) is 2.89. The van der Waals surface area contributed by atoms with Crippen molar-refractivity contribution in [1.82, 2.24) is 19.6 Å². The second kappa shape index (κ2) is 8.73. The van der Waals surface area contributed by atoms with Gasteiger partial charge >= 0.3 is 0 Å². The van der Waals surface area contributed by atoms with Gasteiger partial charge in [0.15, 0.2) is 18.2 Å². The maximum atomic E-state index is 12.7. The second-order valence-corrected chi connectivity index (χ2v) is 7.05. The highest BCUT2D eigenvalue weighted by Gasteiger charge is 2.17. The largest absolute Gasteiger partial charge is 0.471 e. The Morgan fingerprint density at radius 3 is 2.77 bits per heavy atom. The lowest BCUT2D eigenvalue weighted by Crippen LogP contribution is -2.17. The summed E-state index contributed by atoms with van der Waals surface area (Å²) < 4.78 is 8.69. The molecule has 0 bridgehead atoms. The molecule has 0 saturated carbocycles. The van der Waals surface area contributed by atoms with Crippen LogP contribution in [0.1, 0.15) is 21.6 Å². The van der Waals surface area contributed by atoms with E-state index >= 15 is 0 Å².